The molecule has 0 unspecified atom stereocenters. The van der Waals surface area contributed by atoms with Crippen LogP contribution in [-0.2, 0) is 24.8 Å². The van der Waals surface area contributed by atoms with Crippen LogP contribution in [0.4, 0.5) is 5.69 Å². The fourth-order valence-electron chi connectivity index (χ4n) is 1.85. The molecule has 7 nitrogen and oxygen atoms in total. The molecule has 120 valence electrons. The monoisotopic (exact) mass is 352 g/mol. The second-order valence-corrected chi connectivity index (χ2v) is 8.17. The van der Waals surface area contributed by atoms with Crippen LogP contribution in [0.1, 0.15) is 5.56 Å². The van der Waals surface area contributed by atoms with Crippen molar-refractivity contribution in [3.8, 4) is 0 Å². The van der Waals surface area contributed by atoms with Crippen LogP contribution >= 0.6 is 0 Å². The van der Waals surface area contributed by atoms with E-state index in [1.54, 1.807) is 17.1 Å². The molecule has 2 aromatic rings. The Balaban J connectivity index is 2.48. The number of benzene rings is 2. The fourth-order valence-corrected chi connectivity index (χ4v) is 4.99. The number of hydrogen-bond acceptors (Lipinski definition) is 6. The second-order valence-electron chi connectivity index (χ2n) is 4.58. The molecule has 0 amide bonds. The van der Waals surface area contributed by atoms with Crippen molar-refractivity contribution < 1.29 is 21.6 Å². The molecular weight excluding hydrogens is 340 g/mol. The molecule has 0 saturated heterocycles. The molecule has 0 fully saturated rings. The van der Waals surface area contributed by atoms with Gasteiger partial charge >= 0.3 is 0 Å². The first-order valence-electron chi connectivity index (χ1n) is 6.28. The van der Waals surface area contributed by atoms with Gasteiger partial charge < -0.3 is 0 Å². The topological polar surface area (TPSA) is 110 Å². The molecule has 0 aliphatic rings. The zero-order valence-electron chi connectivity index (χ0n) is 11.9. The lowest BCUT2D eigenvalue weighted by atomic mass is 10.2. The molecule has 2 rings (SSSR count). The van der Waals surface area contributed by atoms with E-state index < -0.39 is 24.9 Å². The van der Waals surface area contributed by atoms with E-state index in [2.05, 4.69) is 4.99 Å². The average Bonchev–Trinajstić information content (AvgIpc) is 2.47. The number of hydrogen-bond donors (Lipinski definition) is 1. The summed E-state index contributed by atoms with van der Waals surface area (Å²) >= 11 is 0. The van der Waals surface area contributed by atoms with Gasteiger partial charge in [0.15, 0.2) is 0 Å². The normalized spacial score (nSPS) is 11.7. The summed E-state index contributed by atoms with van der Waals surface area (Å²) < 4.78 is 50.8. The third-order valence-electron chi connectivity index (χ3n) is 2.84. The maximum Gasteiger partial charge on any atom is 0.255 e. The molecular formula is C14H12N2O5S2. The number of aliphatic imine (C=N–C) groups is 1. The van der Waals surface area contributed by atoms with Crippen molar-refractivity contribution in [3.05, 3.63) is 54.1 Å². The molecule has 0 aromatic heterocycles. The van der Waals surface area contributed by atoms with Crippen LogP contribution in [0.2, 0.25) is 0 Å². The summed E-state index contributed by atoms with van der Waals surface area (Å²) in [6, 6.07) is 11.1. The second kappa shape index (κ2) is 6.43. The predicted octanol–water partition coefficient (Wildman–Crippen LogP) is 1.63. The number of sulfonamides is 2. The molecule has 1 N–H and O–H groups in total. The minimum absolute atomic E-state index is 0.183. The van der Waals surface area contributed by atoms with Gasteiger partial charge in [-0.15, -0.1) is 4.13 Å². The zero-order chi connectivity index (χ0) is 17.1. The van der Waals surface area contributed by atoms with Crippen LogP contribution < -0.4 is 4.13 Å². The summed E-state index contributed by atoms with van der Waals surface area (Å²) in [4.78, 5) is 13.0. The van der Waals surface area contributed by atoms with Gasteiger partial charge in [0.1, 0.15) is 4.90 Å². The van der Waals surface area contributed by atoms with Gasteiger partial charge in [0, 0.05) is 0 Å². The average molecular weight is 352 g/mol. The third-order valence-corrected chi connectivity index (χ3v) is 6.39. The van der Waals surface area contributed by atoms with Gasteiger partial charge in [-0.3, -0.25) is 0 Å². The summed E-state index contributed by atoms with van der Waals surface area (Å²) in [5, 5.41) is 0. The first kappa shape index (κ1) is 17.0. The molecule has 9 heteroatoms. The van der Waals surface area contributed by atoms with Crippen molar-refractivity contribution >= 4 is 31.8 Å². The minimum Gasteiger partial charge on any atom is -0.211 e. The summed E-state index contributed by atoms with van der Waals surface area (Å²) in [5.74, 6) is 0. The molecule has 0 atom stereocenters. The Hall–Kier alpha value is -2.32. The van der Waals surface area contributed by atoms with E-state index in [-0.39, 0.29) is 10.6 Å². The van der Waals surface area contributed by atoms with Gasteiger partial charge in [-0.25, -0.2) is 21.6 Å². The number of carbonyl (C=O) groups excluding carboxylic acids is 1. The third kappa shape index (κ3) is 3.91. The highest BCUT2D eigenvalue weighted by Gasteiger charge is 2.26. The van der Waals surface area contributed by atoms with Crippen molar-refractivity contribution in [2.24, 2.45) is 4.99 Å². The Morgan fingerprint density at radius 2 is 1.65 bits per heavy atom. The van der Waals surface area contributed by atoms with Crippen LogP contribution in [0.5, 0.6) is 0 Å². The number of nitrogens with zero attached hydrogens (tertiary/aromatic N) is 1. The van der Waals surface area contributed by atoms with E-state index >= 15 is 0 Å². The van der Waals surface area contributed by atoms with Crippen molar-refractivity contribution in [2.75, 3.05) is 0 Å². The lowest BCUT2D eigenvalue weighted by Gasteiger charge is -2.09. The van der Waals surface area contributed by atoms with Crippen molar-refractivity contribution in [1.82, 2.24) is 4.13 Å². The molecule has 2 aromatic carbocycles. The largest absolute Gasteiger partial charge is 0.255 e. The molecule has 23 heavy (non-hydrogen) atoms. The molecule has 0 heterocycles. The standard InChI is InChI=1S/C14H12N2O5S2/c1-11-5-4-6-12(9-11)22(18,19)16-23(20,21)14-8-3-2-7-13(14)15-10-17/h2-9,16H,1H3. The summed E-state index contributed by atoms with van der Waals surface area (Å²) in [5.41, 5.74) is 0.464. The molecule has 0 aliphatic heterocycles. The van der Waals surface area contributed by atoms with Gasteiger partial charge in [-0.2, -0.15) is 4.99 Å². The first-order chi connectivity index (χ1) is 10.8. The summed E-state index contributed by atoms with van der Waals surface area (Å²) in [6.07, 6.45) is 1.23. The van der Waals surface area contributed by atoms with Crippen molar-refractivity contribution in [1.29, 1.82) is 0 Å². The Bertz CT molecular complexity index is 991. The van der Waals surface area contributed by atoms with Crippen LogP contribution in [0.15, 0.2) is 63.3 Å². The minimum atomic E-state index is -4.44. The van der Waals surface area contributed by atoms with E-state index in [0.29, 0.717) is 5.56 Å². The van der Waals surface area contributed by atoms with Crippen LogP contribution in [-0.4, -0.2) is 22.9 Å². The van der Waals surface area contributed by atoms with E-state index in [0.717, 1.165) is 6.07 Å². The lowest BCUT2D eigenvalue weighted by molar-refractivity contribution is 0.565. The number of isocyanates is 1. The summed E-state index contributed by atoms with van der Waals surface area (Å²) in [6.45, 7) is 1.68. The van der Waals surface area contributed by atoms with Gasteiger partial charge in [-0.1, -0.05) is 24.3 Å². The van der Waals surface area contributed by atoms with E-state index in [4.69, 9.17) is 0 Å². The summed E-state index contributed by atoms with van der Waals surface area (Å²) in [7, 11) is -8.74. The van der Waals surface area contributed by atoms with E-state index in [9.17, 15) is 21.6 Å². The quantitative estimate of drug-likeness (QED) is 0.649. The van der Waals surface area contributed by atoms with Crippen molar-refractivity contribution in [3.63, 3.8) is 0 Å². The van der Waals surface area contributed by atoms with E-state index in [1.165, 1.54) is 42.5 Å². The van der Waals surface area contributed by atoms with Gasteiger partial charge in [-0.05, 0) is 36.8 Å². The fraction of sp³-hybridized carbons (Fsp3) is 0.0714. The number of para-hydroxylation sites is 1. The Morgan fingerprint density at radius 3 is 2.30 bits per heavy atom. The number of rotatable bonds is 5. The predicted molar refractivity (Wildman–Crippen MR) is 82.9 cm³/mol. The van der Waals surface area contributed by atoms with Crippen LogP contribution in [0.25, 0.3) is 0 Å². The molecule has 0 bridgehead atoms. The van der Waals surface area contributed by atoms with Crippen LogP contribution in [0, 0.1) is 6.92 Å². The van der Waals surface area contributed by atoms with Gasteiger partial charge in [0.25, 0.3) is 20.0 Å². The highest BCUT2D eigenvalue weighted by atomic mass is 32.3. The molecule has 0 spiro atoms. The maximum absolute atomic E-state index is 12.3. The Labute approximate surface area is 133 Å². The van der Waals surface area contributed by atoms with Gasteiger partial charge in [0.05, 0.1) is 10.6 Å². The SMILES string of the molecule is Cc1cccc(S(=O)(=O)NS(=O)(=O)c2ccccc2N=C=O)c1. The molecule has 0 saturated carbocycles. The smallest absolute Gasteiger partial charge is 0.211 e. The lowest BCUT2D eigenvalue weighted by Crippen LogP contribution is -2.30. The molecule has 0 aliphatic carbocycles. The maximum atomic E-state index is 12.3. The molecule has 0 radical (unpaired) electrons. The highest BCUT2D eigenvalue weighted by molar-refractivity contribution is 8.04. The number of nitrogens with one attached hydrogen (secondary N) is 1. The Kier molecular flexibility index (Phi) is 4.76. The number of aryl methyl sites for hydroxylation is 1. The zero-order valence-corrected chi connectivity index (χ0v) is 13.6. The van der Waals surface area contributed by atoms with Crippen molar-refractivity contribution in [2.45, 2.75) is 16.7 Å². The first-order valence-corrected chi connectivity index (χ1v) is 9.25. The Morgan fingerprint density at radius 1 is 0.957 bits per heavy atom. The van der Waals surface area contributed by atoms with Crippen LogP contribution in [0.3, 0.4) is 0 Å². The van der Waals surface area contributed by atoms with Gasteiger partial charge in [0.2, 0.25) is 6.08 Å². The van der Waals surface area contributed by atoms with E-state index in [1.807, 2.05) is 0 Å². The highest BCUT2D eigenvalue weighted by Crippen LogP contribution is 2.24.